The Morgan fingerprint density at radius 1 is 1.36 bits per heavy atom. The van der Waals surface area contributed by atoms with Gasteiger partial charge < -0.3 is 9.32 Å². The number of likely N-dealkylation sites (tertiary alicyclic amines) is 1. The van der Waals surface area contributed by atoms with Crippen molar-refractivity contribution in [2.45, 2.75) is 18.8 Å². The number of nitrogens with zero attached hydrogens (tertiary/aromatic N) is 4. The molecule has 3 aromatic heterocycles. The lowest BCUT2D eigenvalue weighted by molar-refractivity contribution is 0.0674. The van der Waals surface area contributed by atoms with Crippen molar-refractivity contribution in [3.63, 3.8) is 0 Å². The summed E-state index contributed by atoms with van der Waals surface area (Å²) in [5, 5.41) is 7.88. The molecule has 7 heteroatoms. The van der Waals surface area contributed by atoms with E-state index in [1.807, 2.05) is 17.0 Å². The fourth-order valence-electron chi connectivity index (χ4n) is 2.95. The Morgan fingerprint density at radius 2 is 2.32 bits per heavy atom. The summed E-state index contributed by atoms with van der Waals surface area (Å²) in [6.45, 7) is 1.38. The molecule has 0 radical (unpaired) electrons. The number of amides is 1. The highest BCUT2D eigenvalue weighted by Gasteiger charge is 2.27. The van der Waals surface area contributed by atoms with E-state index in [2.05, 4.69) is 20.2 Å². The van der Waals surface area contributed by atoms with E-state index in [9.17, 15) is 4.79 Å². The number of piperidine rings is 1. The van der Waals surface area contributed by atoms with Crippen molar-refractivity contribution in [3.05, 3.63) is 42.4 Å². The van der Waals surface area contributed by atoms with Gasteiger partial charge in [0, 0.05) is 30.1 Å². The molecule has 0 aromatic carbocycles. The van der Waals surface area contributed by atoms with Crippen molar-refractivity contribution in [3.8, 4) is 0 Å². The number of hydrogen-bond acceptors (Lipinski definition) is 5. The van der Waals surface area contributed by atoms with Gasteiger partial charge in [0.25, 0.3) is 5.91 Å². The minimum atomic E-state index is -0.107. The first-order valence-electron chi connectivity index (χ1n) is 7.29. The molecule has 1 fully saturated rings. The minimum absolute atomic E-state index is 0.107. The number of H-pyrrole nitrogens is 1. The number of carbonyl (C=O) groups excluding carboxylic acids is 1. The van der Waals surface area contributed by atoms with Crippen molar-refractivity contribution in [2.75, 3.05) is 13.1 Å². The molecule has 3 aromatic rings. The molecule has 22 heavy (non-hydrogen) atoms. The molecule has 1 N–H and O–H groups in total. The summed E-state index contributed by atoms with van der Waals surface area (Å²) in [7, 11) is 0. The monoisotopic (exact) mass is 297 g/mol. The average molecular weight is 297 g/mol. The van der Waals surface area contributed by atoms with Crippen LogP contribution in [0.3, 0.4) is 0 Å². The van der Waals surface area contributed by atoms with Crippen LogP contribution in [0.4, 0.5) is 0 Å². The lowest BCUT2D eigenvalue weighted by Gasteiger charge is -2.31. The van der Waals surface area contributed by atoms with E-state index in [1.165, 1.54) is 12.6 Å². The number of aromatic nitrogens is 4. The zero-order valence-electron chi connectivity index (χ0n) is 11.9. The summed E-state index contributed by atoms with van der Waals surface area (Å²) in [4.78, 5) is 22.6. The van der Waals surface area contributed by atoms with Crippen LogP contribution in [-0.4, -0.2) is 44.1 Å². The summed E-state index contributed by atoms with van der Waals surface area (Å²) in [5.41, 5.74) is 1.78. The maximum Gasteiger partial charge on any atom is 0.291 e. The van der Waals surface area contributed by atoms with Crippen LogP contribution in [0.2, 0.25) is 0 Å². The van der Waals surface area contributed by atoms with Crippen molar-refractivity contribution in [1.82, 2.24) is 25.1 Å². The molecular weight excluding hydrogens is 282 g/mol. The van der Waals surface area contributed by atoms with Gasteiger partial charge in [0.2, 0.25) is 5.76 Å². The predicted molar refractivity (Wildman–Crippen MR) is 78.3 cm³/mol. The largest absolute Gasteiger partial charge is 0.438 e. The van der Waals surface area contributed by atoms with Gasteiger partial charge in [-0.2, -0.15) is 5.10 Å². The molecule has 1 amide bonds. The molecule has 1 saturated heterocycles. The van der Waals surface area contributed by atoms with E-state index in [0.717, 1.165) is 36.1 Å². The van der Waals surface area contributed by atoms with Crippen molar-refractivity contribution in [2.24, 2.45) is 0 Å². The van der Waals surface area contributed by atoms with Gasteiger partial charge in [0.1, 0.15) is 0 Å². The third-order valence-corrected chi connectivity index (χ3v) is 4.09. The fourth-order valence-corrected chi connectivity index (χ4v) is 2.95. The van der Waals surface area contributed by atoms with Crippen LogP contribution in [-0.2, 0) is 0 Å². The zero-order valence-corrected chi connectivity index (χ0v) is 11.9. The van der Waals surface area contributed by atoms with Crippen molar-refractivity contribution < 1.29 is 9.21 Å². The SMILES string of the molecule is O=C(c1cnco1)N1CCC[C@@H](c2ccc3cn[nH]c3n2)C1. The zero-order chi connectivity index (χ0) is 14.9. The molecule has 1 atom stereocenters. The van der Waals surface area contributed by atoms with Gasteiger partial charge in [-0.3, -0.25) is 9.89 Å². The maximum absolute atomic E-state index is 12.4. The van der Waals surface area contributed by atoms with Gasteiger partial charge >= 0.3 is 0 Å². The van der Waals surface area contributed by atoms with E-state index in [0.29, 0.717) is 6.54 Å². The molecule has 0 saturated carbocycles. The predicted octanol–water partition coefficient (Wildman–Crippen LogP) is 1.97. The second-order valence-electron chi connectivity index (χ2n) is 5.50. The van der Waals surface area contributed by atoms with Gasteiger partial charge in [-0.25, -0.2) is 9.97 Å². The lowest BCUT2D eigenvalue weighted by atomic mass is 9.94. The second kappa shape index (κ2) is 5.25. The summed E-state index contributed by atoms with van der Waals surface area (Å²) in [6, 6.07) is 4.03. The number of aromatic amines is 1. The van der Waals surface area contributed by atoms with Gasteiger partial charge in [0.05, 0.1) is 12.4 Å². The topological polar surface area (TPSA) is 87.9 Å². The van der Waals surface area contributed by atoms with Crippen LogP contribution in [0.25, 0.3) is 11.0 Å². The van der Waals surface area contributed by atoms with E-state index < -0.39 is 0 Å². The number of oxazole rings is 1. The van der Waals surface area contributed by atoms with Crippen LogP contribution >= 0.6 is 0 Å². The molecule has 1 aliphatic rings. The molecule has 0 aliphatic carbocycles. The van der Waals surface area contributed by atoms with Crippen molar-refractivity contribution in [1.29, 1.82) is 0 Å². The highest BCUT2D eigenvalue weighted by Crippen LogP contribution is 2.27. The summed E-state index contributed by atoms with van der Waals surface area (Å²) in [6.07, 6.45) is 6.47. The number of hydrogen-bond donors (Lipinski definition) is 1. The first kappa shape index (κ1) is 13.0. The number of pyridine rings is 1. The van der Waals surface area contributed by atoms with E-state index in [-0.39, 0.29) is 17.6 Å². The number of nitrogens with one attached hydrogen (secondary N) is 1. The van der Waals surface area contributed by atoms with E-state index in [1.54, 1.807) is 6.20 Å². The van der Waals surface area contributed by atoms with Crippen LogP contribution in [0.5, 0.6) is 0 Å². The van der Waals surface area contributed by atoms with Crippen molar-refractivity contribution >= 4 is 16.9 Å². The van der Waals surface area contributed by atoms with Crippen LogP contribution in [0, 0.1) is 0 Å². The Labute approximate surface area is 126 Å². The normalized spacial score (nSPS) is 18.7. The minimum Gasteiger partial charge on any atom is -0.438 e. The molecule has 0 spiro atoms. The first-order valence-corrected chi connectivity index (χ1v) is 7.29. The van der Waals surface area contributed by atoms with Crippen LogP contribution < -0.4 is 0 Å². The average Bonchev–Trinajstić information content (AvgIpc) is 3.25. The molecule has 4 heterocycles. The van der Waals surface area contributed by atoms with Crippen LogP contribution in [0.15, 0.2) is 35.3 Å². The van der Waals surface area contributed by atoms with Gasteiger partial charge in [-0.1, -0.05) is 0 Å². The van der Waals surface area contributed by atoms with Gasteiger partial charge in [-0.15, -0.1) is 0 Å². The third kappa shape index (κ3) is 2.24. The molecule has 7 nitrogen and oxygen atoms in total. The Balaban J connectivity index is 1.56. The Kier molecular flexibility index (Phi) is 3.10. The second-order valence-corrected chi connectivity index (χ2v) is 5.50. The third-order valence-electron chi connectivity index (χ3n) is 4.09. The first-order chi connectivity index (χ1) is 10.8. The quantitative estimate of drug-likeness (QED) is 0.781. The number of fused-ring (bicyclic) bond motifs is 1. The van der Waals surface area contributed by atoms with Gasteiger partial charge in [0.15, 0.2) is 12.0 Å². The number of rotatable bonds is 2. The van der Waals surface area contributed by atoms with Gasteiger partial charge in [-0.05, 0) is 25.0 Å². The molecule has 0 unspecified atom stereocenters. The summed E-state index contributed by atoms with van der Waals surface area (Å²) < 4.78 is 5.11. The molecular formula is C15H15N5O2. The molecule has 112 valence electrons. The van der Waals surface area contributed by atoms with E-state index in [4.69, 9.17) is 4.42 Å². The maximum atomic E-state index is 12.4. The smallest absolute Gasteiger partial charge is 0.291 e. The molecule has 1 aliphatic heterocycles. The Bertz CT molecular complexity index is 795. The highest BCUT2D eigenvalue weighted by atomic mass is 16.3. The molecule has 0 bridgehead atoms. The van der Waals surface area contributed by atoms with Crippen LogP contribution in [0.1, 0.15) is 35.0 Å². The summed E-state index contributed by atoms with van der Waals surface area (Å²) >= 11 is 0. The van der Waals surface area contributed by atoms with E-state index >= 15 is 0 Å². The Hall–Kier alpha value is -2.70. The lowest BCUT2D eigenvalue weighted by Crippen LogP contribution is -2.39. The standard InChI is InChI=1S/C15H15N5O2/c21-15(13-7-16-9-22-13)20-5-1-2-11(8-20)12-4-3-10-6-17-19-14(10)18-12/h3-4,6-7,9,11H,1-2,5,8H2,(H,17,18,19)/t11-/m1/s1. The Morgan fingerprint density at radius 3 is 3.18 bits per heavy atom. The molecule has 4 rings (SSSR count). The summed E-state index contributed by atoms with van der Waals surface area (Å²) in [5.74, 6) is 0.413. The highest BCUT2D eigenvalue weighted by molar-refractivity contribution is 5.91. The number of carbonyl (C=O) groups is 1. The fraction of sp³-hybridized carbons (Fsp3) is 0.333.